The van der Waals surface area contributed by atoms with Gasteiger partial charge in [-0.1, -0.05) is 0 Å². The highest BCUT2D eigenvalue weighted by Crippen LogP contribution is 2.26. The van der Waals surface area contributed by atoms with Gasteiger partial charge in [-0.15, -0.1) is 0 Å². The maximum atomic E-state index is 11.9. The molecule has 0 amide bonds. The first-order valence-corrected chi connectivity index (χ1v) is 6.06. The zero-order chi connectivity index (χ0) is 13.4. The molecule has 1 aliphatic heterocycles. The lowest BCUT2D eigenvalue weighted by Gasteiger charge is -2.14. The molecule has 100 valence electrons. The number of H-pyrrole nitrogens is 1. The molecule has 2 aromatic heterocycles. The van der Waals surface area contributed by atoms with Gasteiger partial charge in [-0.25, -0.2) is 4.79 Å². The number of aromatic nitrogens is 3. The highest BCUT2D eigenvalue weighted by molar-refractivity contribution is 5.72. The van der Waals surface area contributed by atoms with Gasteiger partial charge in [0.1, 0.15) is 11.9 Å². The normalized spacial score (nSPS) is 23.0. The van der Waals surface area contributed by atoms with E-state index >= 15 is 0 Å². The molecular formula is C12H13N3O4. The van der Waals surface area contributed by atoms with Crippen LogP contribution in [0.2, 0.25) is 0 Å². The molecule has 0 saturated carbocycles. The van der Waals surface area contributed by atoms with Crippen molar-refractivity contribution in [2.75, 3.05) is 6.61 Å². The monoisotopic (exact) mass is 263 g/mol. The largest absolute Gasteiger partial charge is 0.394 e. The van der Waals surface area contributed by atoms with Crippen LogP contribution < -0.4 is 11.2 Å². The van der Waals surface area contributed by atoms with Crippen molar-refractivity contribution < 1.29 is 9.84 Å². The lowest BCUT2D eigenvalue weighted by molar-refractivity contribution is -0.0243. The molecule has 1 fully saturated rings. The minimum absolute atomic E-state index is 0.0560. The second kappa shape index (κ2) is 4.60. The first-order valence-electron chi connectivity index (χ1n) is 6.06. The summed E-state index contributed by atoms with van der Waals surface area (Å²) in [7, 11) is 0. The molecule has 2 atom stereocenters. The van der Waals surface area contributed by atoms with Gasteiger partial charge in [-0.05, 0) is 18.9 Å². The number of ether oxygens (including phenoxy) is 1. The van der Waals surface area contributed by atoms with E-state index in [1.165, 1.54) is 10.6 Å². The summed E-state index contributed by atoms with van der Waals surface area (Å²) >= 11 is 0. The van der Waals surface area contributed by atoms with Crippen molar-refractivity contribution in [3.8, 4) is 0 Å². The summed E-state index contributed by atoms with van der Waals surface area (Å²) in [6, 6.07) is 2.99. The topological polar surface area (TPSA) is 97.2 Å². The van der Waals surface area contributed by atoms with Crippen LogP contribution in [-0.2, 0) is 4.74 Å². The number of hydrogen-bond donors (Lipinski definition) is 2. The predicted molar refractivity (Wildman–Crippen MR) is 66.9 cm³/mol. The summed E-state index contributed by atoms with van der Waals surface area (Å²) in [5.41, 5.74) is -0.502. The van der Waals surface area contributed by atoms with Crippen molar-refractivity contribution in [3.05, 3.63) is 39.2 Å². The maximum absolute atomic E-state index is 11.9. The molecule has 0 spiro atoms. The van der Waals surface area contributed by atoms with Gasteiger partial charge in [0.05, 0.1) is 12.7 Å². The Bertz CT molecular complexity index is 721. The molecule has 0 aliphatic carbocycles. The van der Waals surface area contributed by atoms with E-state index in [-0.39, 0.29) is 23.9 Å². The van der Waals surface area contributed by atoms with Crippen LogP contribution in [0.1, 0.15) is 19.1 Å². The van der Waals surface area contributed by atoms with E-state index in [1.807, 2.05) is 0 Å². The van der Waals surface area contributed by atoms with Crippen molar-refractivity contribution in [1.29, 1.82) is 0 Å². The number of aliphatic hydroxyl groups excluding tert-OH is 1. The summed E-state index contributed by atoms with van der Waals surface area (Å²) in [6.45, 7) is -0.0560. The van der Waals surface area contributed by atoms with Gasteiger partial charge in [-0.2, -0.15) is 4.98 Å². The summed E-state index contributed by atoms with van der Waals surface area (Å²) < 4.78 is 6.95. The fourth-order valence-electron chi connectivity index (χ4n) is 2.26. The van der Waals surface area contributed by atoms with E-state index in [2.05, 4.69) is 9.97 Å². The van der Waals surface area contributed by atoms with Crippen LogP contribution in [0.25, 0.3) is 11.0 Å². The Morgan fingerprint density at radius 3 is 3.00 bits per heavy atom. The Balaban J connectivity index is 2.05. The molecule has 3 rings (SSSR count). The number of pyridine rings is 1. The number of nitrogens with one attached hydrogen (secondary N) is 1. The molecule has 0 aromatic carbocycles. The lowest BCUT2D eigenvalue weighted by atomic mass is 10.2. The van der Waals surface area contributed by atoms with Gasteiger partial charge in [0.25, 0.3) is 0 Å². The van der Waals surface area contributed by atoms with Gasteiger partial charge in [0, 0.05) is 17.6 Å². The minimum atomic E-state index is -0.474. The highest BCUT2D eigenvalue weighted by Gasteiger charge is 2.26. The summed E-state index contributed by atoms with van der Waals surface area (Å²) in [5, 5.41) is 9.70. The first kappa shape index (κ1) is 12.1. The molecule has 7 heteroatoms. The van der Waals surface area contributed by atoms with Crippen LogP contribution in [0.5, 0.6) is 0 Å². The zero-order valence-corrected chi connectivity index (χ0v) is 10.1. The van der Waals surface area contributed by atoms with E-state index in [1.54, 1.807) is 12.3 Å². The van der Waals surface area contributed by atoms with Crippen molar-refractivity contribution in [3.63, 3.8) is 0 Å². The lowest BCUT2D eigenvalue weighted by Crippen LogP contribution is -2.28. The van der Waals surface area contributed by atoms with Crippen LogP contribution in [0.4, 0.5) is 0 Å². The number of fused-ring (bicyclic) bond motifs is 1. The van der Waals surface area contributed by atoms with E-state index in [0.717, 1.165) is 0 Å². The zero-order valence-electron chi connectivity index (χ0n) is 10.1. The predicted octanol–water partition coefficient (Wildman–Crippen LogP) is -0.245. The van der Waals surface area contributed by atoms with Crippen LogP contribution >= 0.6 is 0 Å². The Morgan fingerprint density at radius 2 is 2.26 bits per heavy atom. The van der Waals surface area contributed by atoms with E-state index in [9.17, 15) is 9.59 Å². The average Bonchev–Trinajstić information content (AvgIpc) is 2.86. The Kier molecular flexibility index (Phi) is 2.92. The molecule has 2 aromatic rings. The molecule has 0 unspecified atom stereocenters. The minimum Gasteiger partial charge on any atom is -0.394 e. The number of aliphatic hydroxyl groups is 1. The fraction of sp³-hybridized carbons (Fsp3) is 0.417. The average molecular weight is 263 g/mol. The molecule has 3 heterocycles. The van der Waals surface area contributed by atoms with Crippen LogP contribution in [0.3, 0.4) is 0 Å². The fourth-order valence-corrected chi connectivity index (χ4v) is 2.26. The van der Waals surface area contributed by atoms with Gasteiger partial charge < -0.3 is 14.8 Å². The van der Waals surface area contributed by atoms with Crippen LogP contribution in [0, 0.1) is 0 Å². The quantitative estimate of drug-likeness (QED) is 0.779. The molecule has 0 bridgehead atoms. The Morgan fingerprint density at radius 1 is 1.42 bits per heavy atom. The second-order valence-corrected chi connectivity index (χ2v) is 4.53. The summed E-state index contributed by atoms with van der Waals surface area (Å²) in [5.74, 6) is 0. The van der Waals surface area contributed by atoms with Gasteiger partial charge in [-0.3, -0.25) is 9.36 Å². The molecule has 0 radical (unpaired) electrons. The van der Waals surface area contributed by atoms with Gasteiger partial charge in [0.2, 0.25) is 5.56 Å². The van der Waals surface area contributed by atoms with Crippen LogP contribution in [0.15, 0.2) is 27.9 Å². The Hall–Kier alpha value is -1.99. The van der Waals surface area contributed by atoms with Crippen molar-refractivity contribution in [2.45, 2.75) is 25.2 Å². The molecule has 7 nitrogen and oxygen atoms in total. The van der Waals surface area contributed by atoms with Gasteiger partial charge in [0.15, 0.2) is 0 Å². The highest BCUT2D eigenvalue weighted by atomic mass is 16.5. The third-order valence-corrected chi connectivity index (χ3v) is 3.23. The van der Waals surface area contributed by atoms with Gasteiger partial charge >= 0.3 is 5.69 Å². The SMILES string of the molecule is O=c1ccc2cn([C@H]3CC[C@@H](CO)O3)c(=O)nc2[nH]1. The van der Waals surface area contributed by atoms with Crippen LogP contribution in [-0.4, -0.2) is 32.4 Å². The number of aromatic amines is 1. The van der Waals surface area contributed by atoms with E-state index in [4.69, 9.17) is 9.84 Å². The smallest absolute Gasteiger partial charge is 0.351 e. The van der Waals surface area contributed by atoms with Crippen molar-refractivity contribution >= 4 is 11.0 Å². The third kappa shape index (κ3) is 2.18. The standard InChI is InChI=1S/C12H13N3O4/c16-6-8-2-4-10(19-8)15-5-7-1-3-9(17)13-11(7)14-12(15)18/h1,3,5,8,10,16H,2,4,6H2,(H,13,14,17,18)/t8-,10+/m0/s1. The first-order chi connectivity index (χ1) is 9.17. The number of hydrogen-bond acceptors (Lipinski definition) is 5. The summed E-state index contributed by atoms with van der Waals surface area (Å²) in [6.07, 6.45) is 2.33. The molecule has 1 saturated heterocycles. The van der Waals surface area contributed by atoms with Crippen molar-refractivity contribution in [2.24, 2.45) is 0 Å². The number of nitrogens with zero attached hydrogens (tertiary/aromatic N) is 2. The van der Waals surface area contributed by atoms with Crippen molar-refractivity contribution in [1.82, 2.24) is 14.5 Å². The third-order valence-electron chi connectivity index (χ3n) is 3.23. The molecule has 2 N–H and O–H groups in total. The summed E-state index contributed by atoms with van der Waals surface area (Å²) in [4.78, 5) is 29.4. The van der Waals surface area contributed by atoms with E-state index < -0.39 is 11.9 Å². The van der Waals surface area contributed by atoms with E-state index in [0.29, 0.717) is 18.2 Å². The molecular weight excluding hydrogens is 250 g/mol. The Labute approximate surface area is 107 Å². The second-order valence-electron chi connectivity index (χ2n) is 4.53. The molecule has 1 aliphatic rings. The molecule has 19 heavy (non-hydrogen) atoms. The maximum Gasteiger partial charge on any atom is 0.351 e. The number of rotatable bonds is 2.